The minimum atomic E-state index is -0.111. The lowest BCUT2D eigenvalue weighted by molar-refractivity contribution is 0.186. The SMILES string of the molecule is Br.Cc1nc(N)nc2c1cc(Br)c(=O)n2C1CCOC1. The Kier molecular flexibility index (Phi) is 4.46. The van der Waals surface area contributed by atoms with Crippen molar-refractivity contribution >= 4 is 49.9 Å². The van der Waals surface area contributed by atoms with Crippen LogP contribution in [0.15, 0.2) is 15.3 Å². The van der Waals surface area contributed by atoms with Crippen molar-refractivity contribution < 1.29 is 4.74 Å². The number of fused-ring (bicyclic) bond motifs is 1. The first kappa shape index (κ1) is 15.4. The van der Waals surface area contributed by atoms with E-state index in [2.05, 4.69) is 25.9 Å². The lowest BCUT2D eigenvalue weighted by Crippen LogP contribution is -2.27. The molecule has 2 aromatic rings. The third-order valence-electron chi connectivity index (χ3n) is 3.33. The van der Waals surface area contributed by atoms with Crippen LogP contribution >= 0.6 is 32.9 Å². The number of ether oxygens (including phenoxy) is 1. The molecule has 20 heavy (non-hydrogen) atoms. The van der Waals surface area contributed by atoms with Gasteiger partial charge < -0.3 is 10.5 Å². The predicted molar refractivity (Wildman–Crippen MR) is 85.4 cm³/mol. The quantitative estimate of drug-likeness (QED) is 0.784. The van der Waals surface area contributed by atoms with Crippen LogP contribution in [0, 0.1) is 6.92 Å². The van der Waals surface area contributed by atoms with E-state index in [-0.39, 0.29) is 34.5 Å². The van der Waals surface area contributed by atoms with E-state index in [0.29, 0.717) is 23.3 Å². The Morgan fingerprint density at radius 3 is 2.90 bits per heavy atom. The van der Waals surface area contributed by atoms with Crippen LogP contribution in [0.1, 0.15) is 18.2 Å². The molecule has 0 aliphatic carbocycles. The highest BCUT2D eigenvalue weighted by atomic mass is 79.9. The number of hydrogen-bond acceptors (Lipinski definition) is 5. The van der Waals surface area contributed by atoms with Crippen LogP contribution in [0.5, 0.6) is 0 Å². The van der Waals surface area contributed by atoms with Gasteiger partial charge in [0.05, 0.1) is 22.8 Å². The molecule has 1 aliphatic rings. The molecule has 0 radical (unpaired) electrons. The summed E-state index contributed by atoms with van der Waals surface area (Å²) in [4.78, 5) is 20.7. The van der Waals surface area contributed by atoms with Crippen molar-refractivity contribution in [3.05, 3.63) is 26.6 Å². The van der Waals surface area contributed by atoms with Crippen LogP contribution in [0.25, 0.3) is 11.0 Å². The molecule has 0 bridgehead atoms. The molecule has 1 unspecified atom stereocenters. The lowest BCUT2D eigenvalue weighted by Gasteiger charge is -2.16. The summed E-state index contributed by atoms with van der Waals surface area (Å²) in [6.07, 6.45) is 0.800. The van der Waals surface area contributed by atoms with Gasteiger partial charge in [0.25, 0.3) is 5.56 Å². The molecule has 0 saturated carbocycles. The van der Waals surface area contributed by atoms with Gasteiger partial charge in [-0.1, -0.05) is 0 Å². The molecule has 6 nitrogen and oxygen atoms in total. The van der Waals surface area contributed by atoms with Gasteiger partial charge in [-0.2, -0.15) is 4.98 Å². The van der Waals surface area contributed by atoms with Gasteiger partial charge >= 0.3 is 0 Å². The molecular weight excluding hydrogens is 392 g/mol. The van der Waals surface area contributed by atoms with Crippen molar-refractivity contribution in [2.75, 3.05) is 18.9 Å². The molecular formula is C12H14Br2N4O2. The number of aromatic nitrogens is 3. The van der Waals surface area contributed by atoms with E-state index in [4.69, 9.17) is 10.5 Å². The summed E-state index contributed by atoms with van der Waals surface area (Å²) in [5.41, 5.74) is 6.93. The van der Waals surface area contributed by atoms with Gasteiger partial charge in [-0.05, 0) is 35.3 Å². The Balaban J connectivity index is 0.00000147. The number of pyridine rings is 1. The highest BCUT2D eigenvalue weighted by Gasteiger charge is 2.23. The van der Waals surface area contributed by atoms with Gasteiger partial charge in [0.15, 0.2) is 0 Å². The Morgan fingerprint density at radius 2 is 2.25 bits per heavy atom. The maximum atomic E-state index is 12.4. The van der Waals surface area contributed by atoms with Crippen molar-refractivity contribution in [3.63, 3.8) is 0 Å². The van der Waals surface area contributed by atoms with Crippen molar-refractivity contribution in [2.24, 2.45) is 0 Å². The van der Waals surface area contributed by atoms with Crippen molar-refractivity contribution in [1.29, 1.82) is 0 Å². The summed E-state index contributed by atoms with van der Waals surface area (Å²) in [6, 6.07) is 1.75. The zero-order valence-corrected chi connectivity index (χ0v) is 14.1. The van der Waals surface area contributed by atoms with Gasteiger partial charge in [-0.15, -0.1) is 17.0 Å². The summed E-state index contributed by atoms with van der Waals surface area (Å²) >= 11 is 3.31. The molecule has 0 amide bonds. The minimum absolute atomic E-state index is 0. The first-order chi connectivity index (χ1) is 9.08. The summed E-state index contributed by atoms with van der Waals surface area (Å²) in [5, 5.41) is 0.826. The second-order valence-corrected chi connectivity index (χ2v) is 5.44. The Bertz CT molecular complexity index is 711. The fraction of sp³-hybridized carbons (Fsp3) is 0.417. The van der Waals surface area contributed by atoms with Crippen molar-refractivity contribution in [1.82, 2.24) is 14.5 Å². The van der Waals surface area contributed by atoms with E-state index in [1.54, 1.807) is 10.6 Å². The molecule has 1 fully saturated rings. The second kappa shape index (κ2) is 5.79. The molecule has 3 heterocycles. The predicted octanol–water partition coefficient (Wildman–Crippen LogP) is 1.98. The lowest BCUT2D eigenvalue weighted by atomic mass is 10.2. The number of rotatable bonds is 1. The average Bonchev–Trinajstić information content (AvgIpc) is 2.85. The van der Waals surface area contributed by atoms with E-state index >= 15 is 0 Å². The summed E-state index contributed by atoms with van der Waals surface area (Å²) in [5.74, 6) is 0.180. The van der Waals surface area contributed by atoms with Crippen LogP contribution in [0.4, 0.5) is 5.95 Å². The third-order valence-corrected chi connectivity index (χ3v) is 3.89. The monoisotopic (exact) mass is 404 g/mol. The zero-order chi connectivity index (χ0) is 13.6. The Hall–Kier alpha value is -0.990. The maximum Gasteiger partial charge on any atom is 0.266 e. The largest absolute Gasteiger partial charge is 0.379 e. The van der Waals surface area contributed by atoms with E-state index in [9.17, 15) is 4.79 Å². The molecule has 3 rings (SSSR count). The molecule has 1 aliphatic heterocycles. The highest BCUT2D eigenvalue weighted by molar-refractivity contribution is 9.10. The van der Waals surface area contributed by atoms with Gasteiger partial charge in [0.1, 0.15) is 5.65 Å². The first-order valence-corrected chi connectivity index (χ1v) is 6.80. The normalized spacial score (nSPS) is 18.2. The number of nitrogen functional groups attached to an aromatic ring is 1. The molecule has 2 aromatic heterocycles. The highest BCUT2D eigenvalue weighted by Crippen LogP contribution is 2.25. The molecule has 1 atom stereocenters. The molecule has 108 valence electrons. The summed E-state index contributed by atoms with van der Waals surface area (Å²) < 4.78 is 7.53. The van der Waals surface area contributed by atoms with Gasteiger partial charge in [0.2, 0.25) is 5.95 Å². The van der Waals surface area contributed by atoms with Crippen LogP contribution < -0.4 is 11.3 Å². The first-order valence-electron chi connectivity index (χ1n) is 6.00. The van der Waals surface area contributed by atoms with E-state index < -0.39 is 0 Å². The summed E-state index contributed by atoms with van der Waals surface area (Å²) in [7, 11) is 0. The molecule has 0 aromatic carbocycles. The number of aryl methyl sites for hydroxylation is 1. The van der Waals surface area contributed by atoms with E-state index in [1.165, 1.54) is 0 Å². The number of anilines is 1. The Morgan fingerprint density at radius 1 is 1.50 bits per heavy atom. The van der Waals surface area contributed by atoms with Crippen molar-refractivity contribution in [3.8, 4) is 0 Å². The molecule has 8 heteroatoms. The maximum absolute atomic E-state index is 12.4. The molecule has 0 spiro atoms. The minimum Gasteiger partial charge on any atom is -0.379 e. The molecule has 1 saturated heterocycles. The van der Waals surface area contributed by atoms with Crippen LogP contribution in [-0.2, 0) is 4.74 Å². The van der Waals surface area contributed by atoms with Gasteiger partial charge in [0, 0.05) is 12.0 Å². The summed E-state index contributed by atoms with van der Waals surface area (Å²) in [6.45, 7) is 3.03. The van der Waals surface area contributed by atoms with E-state index in [1.807, 2.05) is 6.92 Å². The topological polar surface area (TPSA) is 83.0 Å². The molecule has 2 N–H and O–H groups in total. The van der Waals surface area contributed by atoms with Gasteiger partial charge in [-0.25, -0.2) is 4.98 Å². The van der Waals surface area contributed by atoms with E-state index in [0.717, 1.165) is 17.5 Å². The smallest absolute Gasteiger partial charge is 0.266 e. The Labute approximate surface area is 134 Å². The fourth-order valence-corrected chi connectivity index (χ4v) is 2.82. The van der Waals surface area contributed by atoms with Crippen LogP contribution in [0.3, 0.4) is 0 Å². The van der Waals surface area contributed by atoms with Gasteiger partial charge in [-0.3, -0.25) is 9.36 Å². The third kappa shape index (κ3) is 2.47. The standard InChI is InChI=1S/C12H13BrN4O2.BrH/c1-6-8-4-9(13)11(18)17(7-2-3-19-5-7)10(8)16-12(14)15-6;/h4,7H,2-3,5H2,1H3,(H2,14,15,16);1H. The zero-order valence-electron chi connectivity index (χ0n) is 10.8. The average molecular weight is 406 g/mol. The number of nitrogens with zero attached hydrogens (tertiary/aromatic N) is 3. The second-order valence-electron chi connectivity index (χ2n) is 4.59. The van der Waals surface area contributed by atoms with Crippen LogP contribution in [0.2, 0.25) is 0 Å². The number of hydrogen-bond donors (Lipinski definition) is 1. The van der Waals surface area contributed by atoms with Crippen LogP contribution in [-0.4, -0.2) is 27.7 Å². The number of halogens is 2. The van der Waals surface area contributed by atoms with Crippen molar-refractivity contribution in [2.45, 2.75) is 19.4 Å². The fourth-order valence-electron chi connectivity index (χ4n) is 2.40. The number of nitrogens with two attached hydrogens (primary N) is 1.